The van der Waals surface area contributed by atoms with Gasteiger partial charge < -0.3 is 4.74 Å². The van der Waals surface area contributed by atoms with E-state index in [4.69, 9.17) is 4.74 Å². The quantitative estimate of drug-likeness (QED) is 0.500. The fourth-order valence-electron chi connectivity index (χ4n) is 3.03. The molecule has 0 bridgehead atoms. The zero-order chi connectivity index (χ0) is 14.8. The first-order valence-electron chi connectivity index (χ1n) is 7.45. The molecule has 0 radical (unpaired) electrons. The summed E-state index contributed by atoms with van der Waals surface area (Å²) in [4.78, 5) is 0. The van der Waals surface area contributed by atoms with Gasteiger partial charge in [0.05, 0.1) is 6.10 Å². The van der Waals surface area contributed by atoms with Crippen molar-refractivity contribution in [2.75, 3.05) is 4.43 Å². The normalized spacial score (nSPS) is 29.9. The lowest BCUT2D eigenvalue weighted by molar-refractivity contribution is -0.0979. The molecule has 1 saturated carbocycles. The van der Waals surface area contributed by atoms with Gasteiger partial charge in [0.25, 0.3) is 0 Å². The topological polar surface area (TPSA) is 9.23 Å². The van der Waals surface area contributed by atoms with Crippen molar-refractivity contribution in [2.45, 2.75) is 51.7 Å². The summed E-state index contributed by atoms with van der Waals surface area (Å²) in [7, 11) is 0. The van der Waals surface area contributed by atoms with Crippen LogP contribution >= 0.6 is 22.6 Å². The van der Waals surface area contributed by atoms with Crippen molar-refractivity contribution >= 4 is 22.6 Å². The Morgan fingerprint density at radius 2 is 1.95 bits per heavy atom. The van der Waals surface area contributed by atoms with E-state index in [2.05, 4.69) is 36.4 Å². The van der Waals surface area contributed by atoms with Crippen LogP contribution in [0.15, 0.2) is 24.3 Å². The molecule has 1 aromatic carbocycles. The second-order valence-corrected chi connectivity index (χ2v) is 7.11. The molecule has 0 N–H and O–H groups in total. The van der Waals surface area contributed by atoms with E-state index in [1.165, 1.54) is 12.5 Å². The number of benzene rings is 1. The lowest BCUT2D eigenvalue weighted by Gasteiger charge is -2.38. The van der Waals surface area contributed by atoms with Crippen molar-refractivity contribution in [1.82, 2.24) is 0 Å². The first-order chi connectivity index (χ1) is 9.46. The van der Waals surface area contributed by atoms with E-state index in [1.54, 1.807) is 6.07 Å². The van der Waals surface area contributed by atoms with Crippen molar-refractivity contribution < 1.29 is 9.13 Å². The van der Waals surface area contributed by atoms with E-state index in [-0.39, 0.29) is 11.9 Å². The number of hydrogen-bond donors (Lipinski definition) is 0. The lowest BCUT2D eigenvalue weighted by atomic mass is 9.80. The first-order valence-corrected chi connectivity index (χ1v) is 8.97. The molecule has 2 rings (SSSR count). The minimum atomic E-state index is -0.531. The Labute approximate surface area is 135 Å². The molecule has 1 nitrogen and oxygen atoms in total. The first kappa shape index (κ1) is 16.2. The average Bonchev–Trinajstić information content (AvgIpc) is 2.43. The molecule has 0 amide bonds. The second kappa shape index (κ2) is 6.73. The molecule has 4 unspecified atom stereocenters. The van der Waals surface area contributed by atoms with Crippen LogP contribution < -0.4 is 0 Å². The van der Waals surface area contributed by atoms with Gasteiger partial charge in [-0.05, 0) is 44.1 Å². The molecular formula is C17H24FIO. The Morgan fingerprint density at radius 1 is 1.25 bits per heavy atom. The number of ether oxygens (including phenoxy) is 1. The Kier molecular flexibility index (Phi) is 5.46. The molecule has 1 aliphatic rings. The van der Waals surface area contributed by atoms with Gasteiger partial charge in [-0.1, -0.05) is 54.6 Å². The Morgan fingerprint density at radius 3 is 2.55 bits per heavy atom. The van der Waals surface area contributed by atoms with Gasteiger partial charge in [-0.2, -0.15) is 0 Å². The highest BCUT2D eigenvalue weighted by Gasteiger charge is 2.35. The third-order valence-corrected chi connectivity index (χ3v) is 6.13. The van der Waals surface area contributed by atoms with Gasteiger partial charge in [0, 0.05) is 9.99 Å². The number of alkyl halides is 1. The summed E-state index contributed by atoms with van der Waals surface area (Å²) < 4.78 is 21.2. The largest absolute Gasteiger partial charge is 0.366 e. The highest BCUT2D eigenvalue weighted by atomic mass is 127. The second-order valence-electron chi connectivity index (χ2n) is 6.35. The molecule has 0 aliphatic heterocycles. The number of rotatable bonds is 4. The fraction of sp³-hybridized carbons (Fsp3) is 0.647. The van der Waals surface area contributed by atoms with Crippen LogP contribution in [-0.4, -0.2) is 10.5 Å². The summed E-state index contributed by atoms with van der Waals surface area (Å²) in [6, 6.07) is 6.99. The third kappa shape index (κ3) is 3.53. The van der Waals surface area contributed by atoms with Crippen LogP contribution in [0.4, 0.5) is 4.39 Å². The van der Waals surface area contributed by atoms with Crippen molar-refractivity contribution in [3.63, 3.8) is 0 Å². The van der Waals surface area contributed by atoms with Gasteiger partial charge >= 0.3 is 0 Å². The van der Waals surface area contributed by atoms with E-state index in [9.17, 15) is 4.39 Å². The van der Waals surface area contributed by atoms with Crippen molar-refractivity contribution in [2.24, 2.45) is 11.8 Å². The summed E-state index contributed by atoms with van der Waals surface area (Å²) in [5.74, 6) is 1.30. The Balaban J connectivity index is 2.14. The molecule has 0 aromatic heterocycles. The molecule has 4 atom stereocenters. The van der Waals surface area contributed by atoms with Crippen LogP contribution in [0.5, 0.6) is 0 Å². The third-order valence-electron chi connectivity index (χ3n) is 4.68. The molecule has 1 fully saturated rings. The molecular weight excluding hydrogens is 366 g/mol. The summed E-state index contributed by atoms with van der Waals surface area (Å²) in [6.07, 6.45) is 3.63. The summed E-state index contributed by atoms with van der Waals surface area (Å²) >= 11 is 2.30. The van der Waals surface area contributed by atoms with Crippen LogP contribution in [0, 0.1) is 17.7 Å². The summed E-state index contributed by atoms with van der Waals surface area (Å²) in [5, 5.41) is 0. The van der Waals surface area contributed by atoms with Crippen LogP contribution in [0.2, 0.25) is 0 Å². The van der Waals surface area contributed by atoms with Gasteiger partial charge in [-0.15, -0.1) is 0 Å². The molecule has 20 heavy (non-hydrogen) atoms. The zero-order valence-electron chi connectivity index (χ0n) is 12.5. The molecule has 112 valence electrons. The molecule has 0 spiro atoms. The van der Waals surface area contributed by atoms with Gasteiger partial charge in [0.15, 0.2) is 0 Å². The van der Waals surface area contributed by atoms with Crippen LogP contribution in [-0.2, 0) is 10.3 Å². The minimum Gasteiger partial charge on any atom is -0.366 e. The van der Waals surface area contributed by atoms with E-state index in [1.807, 2.05) is 19.1 Å². The molecule has 1 aliphatic carbocycles. The van der Waals surface area contributed by atoms with Crippen LogP contribution in [0.1, 0.15) is 45.6 Å². The van der Waals surface area contributed by atoms with Crippen molar-refractivity contribution in [3.05, 3.63) is 35.6 Å². The van der Waals surface area contributed by atoms with E-state index < -0.39 is 5.60 Å². The summed E-state index contributed by atoms with van der Waals surface area (Å²) in [6.45, 7) is 6.63. The van der Waals surface area contributed by atoms with Crippen molar-refractivity contribution in [3.8, 4) is 0 Å². The van der Waals surface area contributed by atoms with Crippen LogP contribution in [0.3, 0.4) is 0 Å². The Hall–Kier alpha value is -0.160. The zero-order valence-corrected chi connectivity index (χ0v) is 14.7. The minimum absolute atomic E-state index is 0.163. The number of hydrogen-bond acceptors (Lipinski definition) is 1. The smallest absolute Gasteiger partial charge is 0.129 e. The maximum Gasteiger partial charge on any atom is 0.129 e. The van der Waals surface area contributed by atoms with Gasteiger partial charge in [-0.3, -0.25) is 0 Å². The Bertz CT molecular complexity index is 450. The maximum atomic E-state index is 14.1. The van der Waals surface area contributed by atoms with Gasteiger partial charge in [0.2, 0.25) is 0 Å². The highest BCUT2D eigenvalue weighted by Crippen LogP contribution is 2.37. The van der Waals surface area contributed by atoms with Gasteiger partial charge in [-0.25, -0.2) is 4.39 Å². The molecule has 1 aromatic rings. The van der Waals surface area contributed by atoms with E-state index in [0.717, 1.165) is 23.2 Å². The van der Waals surface area contributed by atoms with Crippen LogP contribution in [0.25, 0.3) is 0 Å². The molecule has 0 heterocycles. The monoisotopic (exact) mass is 390 g/mol. The lowest BCUT2D eigenvalue weighted by Crippen LogP contribution is -2.37. The van der Waals surface area contributed by atoms with Gasteiger partial charge in [0.1, 0.15) is 11.4 Å². The molecule has 3 heteroatoms. The molecule has 0 saturated heterocycles. The van der Waals surface area contributed by atoms with E-state index >= 15 is 0 Å². The van der Waals surface area contributed by atoms with E-state index in [0.29, 0.717) is 11.5 Å². The predicted octanol–water partition coefficient (Wildman–Crippen LogP) is 5.32. The predicted molar refractivity (Wildman–Crippen MR) is 89.7 cm³/mol. The number of halogens is 2. The maximum absolute atomic E-state index is 14.1. The summed E-state index contributed by atoms with van der Waals surface area (Å²) in [5.41, 5.74) is 0.150. The fourth-order valence-corrected chi connectivity index (χ4v) is 3.62. The SMILES string of the molecule is CC1CCC(OC(C)(CI)c2ccccc2F)CC1C. The van der Waals surface area contributed by atoms with Crippen molar-refractivity contribution in [1.29, 1.82) is 0 Å². The standard InChI is InChI=1S/C17H24FIO/c1-12-8-9-14(10-13(12)2)20-17(3,11-19)15-6-4-5-7-16(15)18/h4-7,12-14H,8-11H2,1-3H3. The highest BCUT2D eigenvalue weighted by molar-refractivity contribution is 14.1. The average molecular weight is 390 g/mol.